The van der Waals surface area contributed by atoms with E-state index >= 15 is 0 Å². The van der Waals surface area contributed by atoms with Gasteiger partial charge in [-0.05, 0) is 52.1 Å². The standard InChI is InChI=1S/C23H30O4/c1-21(2,3)16-12-14(8-10-18(16)24)23(7,20(26)27)15-9-11-19(25)17(13-15)22(4,5)6/h8-13,24-25H,1-7H3,(H,26,27). The van der Waals surface area contributed by atoms with Gasteiger partial charge in [-0.15, -0.1) is 0 Å². The largest absolute Gasteiger partial charge is 0.508 e. The van der Waals surface area contributed by atoms with Gasteiger partial charge in [0.05, 0.1) is 0 Å². The van der Waals surface area contributed by atoms with Crippen molar-refractivity contribution in [3.05, 3.63) is 58.7 Å². The van der Waals surface area contributed by atoms with Crippen LogP contribution in [0.15, 0.2) is 36.4 Å². The highest BCUT2D eigenvalue weighted by molar-refractivity contribution is 5.86. The fraction of sp³-hybridized carbons (Fsp3) is 0.435. The highest BCUT2D eigenvalue weighted by Gasteiger charge is 2.39. The van der Waals surface area contributed by atoms with E-state index in [-0.39, 0.29) is 22.3 Å². The van der Waals surface area contributed by atoms with Gasteiger partial charge in [0.2, 0.25) is 0 Å². The summed E-state index contributed by atoms with van der Waals surface area (Å²) in [6, 6.07) is 9.97. The predicted octanol–water partition coefficient (Wildman–Crippen LogP) is 5.08. The van der Waals surface area contributed by atoms with E-state index in [0.717, 1.165) is 0 Å². The first-order valence-corrected chi connectivity index (χ1v) is 9.10. The fourth-order valence-electron chi connectivity index (χ4n) is 3.31. The van der Waals surface area contributed by atoms with Crippen LogP contribution in [0.5, 0.6) is 11.5 Å². The lowest BCUT2D eigenvalue weighted by Crippen LogP contribution is -2.34. The zero-order chi connectivity index (χ0) is 20.8. The van der Waals surface area contributed by atoms with E-state index in [0.29, 0.717) is 22.3 Å². The van der Waals surface area contributed by atoms with E-state index in [4.69, 9.17) is 0 Å². The van der Waals surface area contributed by atoms with Crippen LogP contribution in [-0.2, 0) is 21.0 Å². The summed E-state index contributed by atoms with van der Waals surface area (Å²) in [6.45, 7) is 13.5. The molecule has 4 nitrogen and oxygen atoms in total. The van der Waals surface area contributed by atoms with Gasteiger partial charge in [-0.1, -0.05) is 65.8 Å². The Labute approximate surface area is 161 Å². The lowest BCUT2D eigenvalue weighted by molar-refractivity contribution is -0.141. The van der Waals surface area contributed by atoms with Crippen molar-refractivity contribution >= 4 is 5.97 Å². The molecule has 27 heavy (non-hydrogen) atoms. The maximum absolute atomic E-state index is 12.4. The predicted molar refractivity (Wildman–Crippen MR) is 108 cm³/mol. The SMILES string of the molecule is CC(C)(C)c1cc(C(C)(C(=O)O)c2ccc(O)c(C(C)(C)C)c2)ccc1O. The molecule has 4 heteroatoms. The summed E-state index contributed by atoms with van der Waals surface area (Å²) in [5, 5.41) is 30.6. The van der Waals surface area contributed by atoms with Gasteiger partial charge < -0.3 is 15.3 Å². The third-order valence-electron chi connectivity index (χ3n) is 5.19. The second kappa shape index (κ2) is 6.59. The Bertz CT molecular complexity index is 803. The number of phenols is 2. The smallest absolute Gasteiger partial charge is 0.318 e. The van der Waals surface area contributed by atoms with E-state index in [1.54, 1.807) is 43.3 Å². The lowest BCUT2D eigenvalue weighted by atomic mass is 9.72. The number of rotatable bonds is 3. The molecule has 0 aliphatic rings. The van der Waals surface area contributed by atoms with Gasteiger partial charge in [0.25, 0.3) is 0 Å². The molecule has 0 amide bonds. The van der Waals surface area contributed by atoms with Crippen LogP contribution in [0.1, 0.15) is 70.7 Å². The zero-order valence-electron chi connectivity index (χ0n) is 17.2. The van der Waals surface area contributed by atoms with Crippen molar-refractivity contribution in [3.8, 4) is 11.5 Å². The topological polar surface area (TPSA) is 77.8 Å². The maximum Gasteiger partial charge on any atom is 0.318 e. The summed E-state index contributed by atoms with van der Waals surface area (Å²) in [5.41, 5.74) is 0.591. The Balaban J connectivity index is 2.76. The molecule has 0 saturated carbocycles. The van der Waals surface area contributed by atoms with Crippen molar-refractivity contribution in [2.45, 2.75) is 64.7 Å². The van der Waals surface area contributed by atoms with Gasteiger partial charge in [0.15, 0.2) is 0 Å². The molecule has 0 aromatic heterocycles. The van der Waals surface area contributed by atoms with Crippen LogP contribution in [0.3, 0.4) is 0 Å². The number of benzene rings is 2. The van der Waals surface area contributed by atoms with Gasteiger partial charge in [0.1, 0.15) is 16.9 Å². The number of phenolic OH excluding ortho intramolecular Hbond substituents is 2. The molecule has 2 rings (SSSR count). The van der Waals surface area contributed by atoms with Crippen LogP contribution < -0.4 is 0 Å². The average molecular weight is 370 g/mol. The van der Waals surface area contributed by atoms with E-state index in [9.17, 15) is 20.1 Å². The van der Waals surface area contributed by atoms with Gasteiger partial charge in [-0.2, -0.15) is 0 Å². The van der Waals surface area contributed by atoms with E-state index < -0.39 is 11.4 Å². The molecule has 3 N–H and O–H groups in total. The molecule has 0 aliphatic heterocycles. The number of carboxylic acids is 1. The van der Waals surface area contributed by atoms with Crippen LogP contribution in [0.25, 0.3) is 0 Å². The Morgan fingerprint density at radius 2 is 1.04 bits per heavy atom. The average Bonchev–Trinajstić information content (AvgIpc) is 2.52. The first-order chi connectivity index (χ1) is 12.2. The lowest BCUT2D eigenvalue weighted by Gasteiger charge is -2.30. The Kier molecular flexibility index (Phi) is 5.08. The van der Waals surface area contributed by atoms with Crippen molar-refractivity contribution < 1.29 is 20.1 Å². The molecule has 0 bridgehead atoms. The molecule has 0 unspecified atom stereocenters. The third-order valence-corrected chi connectivity index (χ3v) is 5.19. The molecule has 0 radical (unpaired) electrons. The minimum absolute atomic E-state index is 0.153. The summed E-state index contributed by atoms with van der Waals surface area (Å²) in [7, 11) is 0. The molecule has 0 atom stereocenters. The van der Waals surface area contributed by atoms with E-state index in [1.165, 1.54) is 0 Å². The quantitative estimate of drug-likeness (QED) is 0.704. The fourth-order valence-corrected chi connectivity index (χ4v) is 3.31. The molecule has 2 aromatic rings. The number of aromatic hydroxyl groups is 2. The third kappa shape index (κ3) is 3.80. The number of aliphatic carboxylic acids is 1. The van der Waals surface area contributed by atoms with Crippen LogP contribution in [0.4, 0.5) is 0 Å². The molecule has 0 fully saturated rings. The Hall–Kier alpha value is -2.49. The van der Waals surface area contributed by atoms with E-state index in [2.05, 4.69) is 0 Å². The number of carbonyl (C=O) groups is 1. The van der Waals surface area contributed by atoms with Crippen LogP contribution in [0, 0.1) is 0 Å². The normalized spacial score (nSPS) is 12.9. The molecular weight excluding hydrogens is 340 g/mol. The van der Waals surface area contributed by atoms with Gasteiger partial charge in [-0.25, -0.2) is 0 Å². The van der Waals surface area contributed by atoms with Crippen molar-refractivity contribution in [1.29, 1.82) is 0 Å². The summed E-state index contributed by atoms with van der Waals surface area (Å²) in [5.74, 6) is -0.682. The number of hydrogen-bond donors (Lipinski definition) is 3. The number of hydrogen-bond acceptors (Lipinski definition) is 3. The zero-order valence-corrected chi connectivity index (χ0v) is 17.2. The summed E-state index contributed by atoms with van der Waals surface area (Å²) in [6.07, 6.45) is 0. The van der Waals surface area contributed by atoms with Crippen molar-refractivity contribution in [1.82, 2.24) is 0 Å². The minimum Gasteiger partial charge on any atom is -0.508 e. The van der Waals surface area contributed by atoms with Crippen molar-refractivity contribution in [2.24, 2.45) is 0 Å². The van der Waals surface area contributed by atoms with Gasteiger partial charge in [0, 0.05) is 0 Å². The van der Waals surface area contributed by atoms with Gasteiger partial charge >= 0.3 is 5.97 Å². The summed E-state index contributed by atoms with van der Waals surface area (Å²) in [4.78, 5) is 12.4. The molecular formula is C23H30O4. The molecule has 0 saturated heterocycles. The molecule has 0 spiro atoms. The molecule has 146 valence electrons. The van der Waals surface area contributed by atoms with Crippen molar-refractivity contribution in [3.63, 3.8) is 0 Å². The van der Waals surface area contributed by atoms with Crippen LogP contribution in [-0.4, -0.2) is 21.3 Å². The maximum atomic E-state index is 12.4. The van der Waals surface area contributed by atoms with Gasteiger partial charge in [-0.3, -0.25) is 4.79 Å². The molecule has 0 aliphatic carbocycles. The molecule has 2 aromatic carbocycles. The summed E-state index contributed by atoms with van der Waals surface area (Å²) >= 11 is 0. The highest BCUT2D eigenvalue weighted by Crippen LogP contribution is 2.41. The monoisotopic (exact) mass is 370 g/mol. The van der Waals surface area contributed by atoms with Crippen LogP contribution in [0.2, 0.25) is 0 Å². The van der Waals surface area contributed by atoms with E-state index in [1.807, 2.05) is 41.5 Å². The second-order valence-electron chi connectivity index (χ2n) is 9.39. The first-order valence-electron chi connectivity index (χ1n) is 9.10. The summed E-state index contributed by atoms with van der Waals surface area (Å²) < 4.78 is 0. The highest BCUT2D eigenvalue weighted by atomic mass is 16.4. The molecule has 0 heterocycles. The Morgan fingerprint density at radius 3 is 1.30 bits per heavy atom. The number of carboxylic acid groups (broad SMARTS) is 1. The second-order valence-corrected chi connectivity index (χ2v) is 9.39. The van der Waals surface area contributed by atoms with Crippen LogP contribution >= 0.6 is 0 Å². The Morgan fingerprint density at radius 1 is 0.704 bits per heavy atom. The van der Waals surface area contributed by atoms with Crippen molar-refractivity contribution in [2.75, 3.05) is 0 Å². The minimum atomic E-state index is -1.32. The first kappa shape index (κ1) is 20.8.